The van der Waals surface area contributed by atoms with Gasteiger partial charge in [0.25, 0.3) is 0 Å². The molecule has 9 nitrogen and oxygen atoms in total. The van der Waals surface area contributed by atoms with Crippen molar-refractivity contribution in [2.45, 2.75) is 59.8 Å². The van der Waals surface area contributed by atoms with Gasteiger partial charge >= 0.3 is 5.97 Å². The fourth-order valence-corrected chi connectivity index (χ4v) is 6.52. The summed E-state index contributed by atoms with van der Waals surface area (Å²) in [4.78, 5) is 29.5. The lowest BCUT2D eigenvalue weighted by Gasteiger charge is -2.35. The number of hydrogen-bond acceptors (Lipinski definition) is 7. The molecule has 0 bridgehead atoms. The summed E-state index contributed by atoms with van der Waals surface area (Å²) >= 11 is 0. The third-order valence-electron chi connectivity index (χ3n) is 8.68. The van der Waals surface area contributed by atoms with E-state index in [1.165, 1.54) is 0 Å². The topological polar surface area (TPSA) is 87.0 Å². The van der Waals surface area contributed by atoms with Crippen molar-refractivity contribution in [3.63, 3.8) is 0 Å². The first-order valence-electron chi connectivity index (χ1n) is 15.1. The molecule has 43 heavy (non-hydrogen) atoms. The third-order valence-corrected chi connectivity index (χ3v) is 8.68. The van der Waals surface area contributed by atoms with Crippen LogP contribution in [-0.2, 0) is 16.1 Å². The van der Waals surface area contributed by atoms with Crippen molar-refractivity contribution >= 4 is 34.2 Å². The van der Waals surface area contributed by atoms with Crippen LogP contribution in [0.3, 0.4) is 0 Å². The fraction of sp³-hybridized carbons (Fsp3) is 0.441. The Hall–Kier alpha value is -3.95. The predicted octanol–water partition coefficient (Wildman–Crippen LogP) is 5.87. The van der Waals surface area contributed by atoms with Crippen molar-refractivity contribution in [3.8, 4) is 11.1 Å². The summed E-state index contributed by atoms with van der Waals surface area (Å²) in [6.45, 7) is 17.3. The Labute approximate surface area is 253 Å². The van der Waals surface area contributed by atoms with E-state index in [4.69, 9.17) is 14.7 Å². The molecule has 1 atom stereocenters. The highest BCUT2D eigenvalue weighted by atomic mass is 16.5. The average molecular weight is 583 g/mol. The van der Waals surface area contributed by atoms with Gasteiger partial charge in [-0.25, -0.2) is 14.8 Å². The summed E-state index contributed by atoms with van der Waals surface area (Å²) in [5.74, 6) is -0.394. The molecule has 1 N–H and O–H groups in total. The molecule has 9 heteroatoms. The molecule has 1 saturated heterocycles. The van der Waals surface area contributed by atoms with Crippen LogP contribution in [-0.4, -0.2) is 75.9 Å². The zero-order chi connectivity index (χ0) is 30.6. The summed E-state index contributed by atoms with van der Waals surface area (Å²) < 4.78 is 8.66. The quantitative estimate of drug-likeness (QED) is 0.302. The molecule has 0 radical (unpaired) electrons. The molecule has 1 unspecified atom stereocenters. The van der Waals surface area contributed by atoms with Gasteiger partial charge in [-0.2, -0.15) is 0 Å². The third kappa shape index (κ3) is 5.36. The molecule has 226 valence electrons. The van der Waals surface area contributed by atoms with Crippen LogP contribution in [0, 0.1) is 20.8 Å². The number of carboxylic acids is 1. The molecule has 0 aliphatic carbocycles. The Morgan fingerprint density at radius 2 is 1.60 bits per heavy atom. The smallest absolute Gasteiger partial charge is 0.337 e. The molecular weight excluding hydrogens is 540 g/mol. The lowest BCUT2D eigenvalue weighted by atomic mass is 9.87. The van der Waals surface area contributed by atoms with Crippen molar-refractivity contribution in [2.24, 2.45) is 0 Å². The van der Waals surface area contributed by atoms with E-state index in [2.05, 4.69) is 70.5 Å². The minimum Gasteiger partial charge on any atom is -0.479 e. The van der Waals surface area contributed by atoms with Crippen LogP contribution < -0.4 is 9.80 Å². The monoisotopic (exact) mass is 582 g/mol. The molecule has 1 fully saturated rings. The van der Waals surface area contributed by atoms with Crippen molar-refractivity contribution in [2.75, 3.05) is 49.6 Å². The van der Waals surface area contributed by atoms with Gasteiger partial charge in [-0.15, -0.1) is 0 Å². The molecule has 0 saturated carbocycles. The number of aryl methyl sites for hydroxylation is 2. The van der Waals surface area contributed by atoms with Crippen LogP contribution in [0.25, 0.3) is 22.0 Å². The SMILES string of the molecule is Cc1ccc(-c2c(C(OC(C)(C)C)C(=O)O)c(C)c3c4c2cc(C)n4CCN3c2ncc(N3CCN(C)CC3)cn2)cc1. The zero-order valence-corrected chi connectivity index (χ0v) is 26.3. The number of aromatic nitrogens is 3. The van der Waals surface area contributed by atoms with E-state index in [9.17, 15) is 9.90 Å². The second-order valence-corrected chi connectivity index (χ2v) is 13.0. The number of anilines is 3. The molecule has 2 aromatic heterocycles. The van der Waals surface area contributed by atoms with E-state index < -0.39 is 17.7 Å². The Bertz CT molecular complexity index is 1660. The predicted molar refractivity (Wildman–Crippen MR) is 172 cm³/mol. The highest BCUT2D eigenvalue weighted by Gasteiger charge is 2.36. The zero-order valence-electron chi connectivity index (χ0n) is 26.3. The Morgan fingerprint density at radius 1 is 0.953 bits per heavy atom. The van der Waals surface area contributed by atoms with Gasteiger partial charge in [0.2, 0.25) is 5.95 Å². The molecule has 0 spiro atoms. The molecular formula is C34H42N6O3. The number of carboxylic acid groups (broad SMARTS) is 1. The van der Waals surface area contributed by atoms with E-state index in [0.717, 1.165) is 82.9 Å². The standard InChI is InChI=1S/C34H42N6O3/c1-21-8-10-24(11-9-21)28-26-18-22(2)39-16-17-40(33-35-19-25(20-36-33)38-14-12-37(7)13-15-38)29(30(26)39)23(3)27(28)31(32(41)42)43-34(4,5)6/h8-11,18-20,31H,12-17H2,1-7H3,(H,41,42). The maximum absolute atomic E-state index is 13.0. The van der Waals surface area contributed by atoms with Crippen LogP contribution in [0.5, 0.6) is 0 Å². The number of ether oxygens (including phenoxy) is 1. The lowest BCUT2D eigenvalue weighted by molar-refractivity contribution is -0.160. The van der Waals surface area contributed by atoms with Crippen LogP contribution >= 0.6 is 0 Å². The van der Waals surface area contributed by atoms with E-state index in [0.29, 0.717) is 18.1 Å². The highest BCUT2D eigenvalue weighted by molar-refractivity contribution is 6.08. The minimum absolute atomic E-state index is 0.616. The number of likely N-dealkylation sites (N-methyl/N-ethyl adjacent to an activating group) is 1. The van der Waals surface area contributed by atoms with Crippen molar-refractivity contribution in [1.29, 1.82) is 0 Å². The molecule has 4 aromatic rings. The Kier molecular flexibility index (Phi) is 7.42. The normalized spacial score (nSPS) is 16.6. The van der Waals surface area contributed by atoms with Gasteiger partial charge in [0.1, 0.15) is 0 Å². The van der Waals surface area contributed by atoms with Gasteiger partial charge in [-0.05, 0) is 71.3 Å². The van der Waals surface area contributed by atoms with Crippen LogP contribution in [0.2, 0.25) is 0 Å². The van der Waals surface area contributed by atoms with Crippen LogP contribution in [0.15, 0.2) is 42.7 Å². The average Bonchev–Trinajstić information content (AvgIpc) is 3.30. The highest BCUT2D eigenvalue weighted by Crippen LogP contribution is 2.49. The summed E-state index contributed by atoms with van der Waals surface area (Å²) in [6.07, 6.45) is 2.68. The van der Waals surface area contributed by atoms with E-state index in [1.807, 2.05) is 40.1 Å². The molecule has 0 amide bonds. The largest absolute Gasteiger partial charge is 0.479 e. The number of rotatable bonds is 6. The van der Waals surface area contributed by atoms with Gasteiger partial charge in [-0.1, -0.05) is 29.8 Å². The van der Waals surface area contributed by atoms with Crippen LogP contribution in [0.4, 0.5) is 17.3 Å². The van der Waals surface area contributed by atoms with Gasteiger partial charge < -0.3 is 29.1 Å². The maximum atomic E-state index is 13.0. The first-order valence-corrected chi connectivity index (χ1v) is 15.1. The second-order valence-electron chi connectivity index (χ2n) is 13.0. The Morgan fingerprint density at radius 3 is 2.21 bits per heavy atom. The van der Waals surface area contributed by atoms with Gasteiger partial charge in [-0.3, -0.25) is 0 Å². The number of benzene rings is 2. The van der Waals surface area contributed by atoms with Gasteiger partial charge in [0.15, 0.2) is 6.10 Å². The molecule has 2 aromatic carbocycles. The molecule has 2 aliphatic heterocycles. The van der Waals surface area contributed by atoms with Crippen molar-refractivity contribution in [3.05, 3.63) is 65.1 Å². The van der Waals surface area contributed by atoms with Crippen molar-refractivity contribution < 1.29 is 14.6 Å². The molecule has 4 heterocycles. The fourth-order valence-electron chi connectivity index (χ4n) is 6.52. The molecule has 6 rings (SSSR count). The van der Waals surface area contributed by atoms with Gasteiger partial charge in [0, 0.05) is 55.9 Å². The number of carbonyl (C=O) groups is 1. The summed E-state index contributed by atoms with van der Waals surface area (Å²) in [6, 6.07) is 10.5. The first kappa shape index (κ1) is 29.1. The van der Waals surface area contributed by atoms with E-state index >= 15 is 0 Å². The van der Waals surface area contributed by atoms with E-state index in [1.54, 1.807) is 0 Å². The van der Waals surface area contributed by atoms with Crippen LogP contribution in [0.1, 0.15) is 49.3 Å². The number of nitrogens with zero attached hydrogens (tertiary/aromatic N) is 6. The number of aliphatic carboxylic acids is 1. The van der Waals surface area contributed by atoms with Crippen molar-refractivity contribution in [1.82, 2.24) is 19.4 Å². The lowest BCUT2D eigenvalue weighted by Crippen LogP contribution is -2.44. The van der Waals surface area contributed by atoms with Gasteiger partial charge in [0.05, 0.1) is 34.9 Å². The molecule has 2 aliphatic rings. The number of piperazine rings is 1. The maximum Gasteiger partial charge on any atom is 0.337 e. The number of hydrogen-bond donors (Lipinski definition) is 1. The second kappa shape index (κ2) is 11.0. The summed E-state index contributed by atoms with van der Waals surface area (Å²) in [5.41, 5.74) is 8.07. The van der Waals surface area contributed by atoms with E-state index in [-0.39, 0.29) is 0 Å². The summed E-state index contributed by atoms with van der Waals surface area (Å²) in [5, 5.41) is 11.6. The Balaban J connectivity index is 1.56. The summed E-state index contributed by atoms with van der Waals surface area (Å²) in [7, 11) is 2.15. The minimum atomic E-state index is -1.16. The first-order chi connectivity index (χ1) is 20.4.